The highest BCUT2D eigenvalue weighted by atomic mass is 35.5. The van der Waals surface area contributed by atoms with E-state index in [4.69, 9.17) is 26.8 Å². The quantitative estimate of drug-likeness (QED) is 0.872. The molecule has 1 aromatic rings. The van der Waals surface area contributed by atoms with Crippen molar-refractivity contribution in [1.29, 1.82) is 0 Å². The van der Waals surface area contributed by atoms with E-state index in [9.17, 15) is 4.79 Å². The molecule has 1 aromatic carbocycles. The molecular weight excluding hydrogens is 256 g/mol. The van der Waals surface area contributed by atoms with Gasteiger partial charge in [0.25, 0.3) is 0 Å². The highest BCUT2D eigenvalue weighted by Gasteiger charge is 2.41. The molecule has 0 bridgehead atoms. The van der Waals surface area contributed by atoms with Crippen molar-refractivity contribution in [3.8, 4) is 5.75 Å². The van der Waals surface area contributed by atoms with Gasteiger partial charge in [-0.2, -0.15) is 0 Å². The van der Waals surface area contributed by atoms with Crippen LogP contribution in [0.15, 0.2) is 18.2 Å². The Morgan fingerprint density at radius 2 is 2.39 bits per heavy atom. The van der Waals surface area contributed by atoms with E-state index in [-0.39, 0.29) is 6.54 Å². The van der Waals surface area contributed by atoms with Gasteiger partial charge in [0.1, 0.15) is 5.75 Å². The average molecular weight is 271 g/mol. The van der Waals surface area contributed by atoms with Gasteiger partial charge < -0.3 is 20.5 Å². The summed E-state index contributed by atoms with van der Waals surface area (Å²) in [6.07, 6.45) is -0.467. The predicted molar refractivity (Wildman–Crippen MR) is 67.8 cm³/mol. The van der Waals surface area contributed by atoms with E-state index in [0.29, 0.717) is 23.9 Å². The van der Waals surface area contributed by atoms with Crippen LogP contribution in [-0.4, -0.2) is 25.8 Å². The molecule has 0 spiro atoms. The first-order chi connectivity index (χ1) is 8.61. The Bertz CT molecular complexity index is 467. The summed E-state index contributed by atoms with van der Waals surface area (Å²) in [4.78, 5) is 11.2. The number of ether oxygens (including phenoxy) is 2. The summed E-state index contributed by atoms with van der Waals surface area (Å²) in [5.41, 5.74) is 5.64. The van der Waals surface area contributed by atoms with Crippen LogP contribution >= 0.6 is 11.6 Å². The van der Waals surface area contributed by atoms with E-state index in [0.717, 1.165) is 5.56 Å². The van der Waals surface area contributed by atoms with E-state index in [2.05, 4.69) is 5.32 Å². The molecule has 3 N–H and O–H groups in total. The SMILES string of the molecule is CCOc1ccc(C2(CN)CNC(=O)O2)cc1Cl. The molecule has 1 unspecified atom stereocenters. The van der Waals surface area contributed by atoms with Gasteiger partial charge in [-0.15, -0.1) is 0 Å². The van der Waals surface area contributed by atoms with Gasteiger partial charge in [-0.3, -0.25) is 0 Å². The summed E-state index contributed by atoms with van der Waals surface area (Å²) in [5, 5.41) is 3.08. The lowest BCUT2D eigenvalue weighted by atomic mass is 9.94. The van der Waals surface area contributed by atoms with Crippen molar-refractivity contribution in [3.05, 3.63) is 28.8 Å². The van der Waals surface area contributed by atoms with Crippen molar-refractivity contribution in [2.75, 3.05) is 19.7 Å². The van der Waals surface area contributed by atoms with Gasteiger partial charge in [-0.25, -0.2) is 4.79 Å². The van der Waals surface area contributed by atoms with Gasteiger partial charge in [0.05, 0.1) is 18.2 Å². The number of hydrogen-bond acceptors (Lipinski definition) is 4. The number of cyclic esters (lactones) is 1. The second-order valence-electron chi connectivity index (χ2n) is 4.02. The fourth-order valence-corrected chi connectivity index (χ4v) is 2.15. The first-order valence-electron chi connectivity index (χ1n) is 5.71. The van der Waals surface area contributed by atoms with Gasteiger partial charge in [-0.05, 0) is 19.1 Å². The van der Waals surface area contributed by atoms with E-state index in [1.165, 1.54) is 0 Å². The Morgan fingerprint density at radius 1 is 1.61 bits per heavy atom. The Hall–Kier alpha value is -1.46. The third-order valence-corrected chi connectivity index (χ3v) is 3.19. The molecular formula is C12H15ClN2O3. The minimum Gasteiger partial charge on any atom is -0.492 e. The highest BCUT2D eigenvalue weighted by molar-refractivity contribution is 6.32. The first kappa shape index (κ1) is 13.0. The smallest absolute Gasteiger partial charge is 0.408 e. The molecule has 1 aliphatic rings. The molecule has 5 nitrogen and oxygen atoms in total. The lowest BCUT2D eigenvalue weighted by Gasteiger charge is -2.25. The number of carbonyl (C=O) groups is 1. The lowest BCUT2D eigenvalue weighted by molar-refractivity contribution is 0.0617. The average Bonchev–Trinajstić information content (AvgIpc) is 2.75. The molecule has 1 amide bonds. The van der Waals surface area contributed by atoms with Crippen LogP contribution in [0.3, 0.4) is 0 Å². The van der Waals surface area contributed by atoms with Crippen LogP contribution in [0.5, 0.6) is 5.75 Å². The Kier molecular flexibility index (Phi) is 3.63. The molecule has 2 rings (SSSR count). The summed E-state index contributed by atoms with van der Waals surface area (Å²) in [6, 6.07) is 5.29. The zero-order valence-electron chi connectivity index (χ0n) is 10.0. The number of nitrogens with one attached hydrogen (secondary N) is 1. The summed E-state index contributed by atoms with van der Waals surface area (Å²) in [7, 11) is 0. The zero-order chi connectivity index (χ0) is 13.2. The number of carbonyl (C=O) groups excluding carboxylic acids is 1. The van der Waals surface area contributed by atoms with Crippen molar-refractivity contribution in [2.45, 2.75) is 12.5 Å². The molecule has 18 heavy (non-hydrogen) atoms. The summed E-state index contributed by atoms with van der Waals surface area (Å²) in [5.74, 6) is 0.604. The summed E-state index contributed by atoms with van der Waals surface area (Å²) < 4.78 is 10.6. The van der Waals surface area contributed by atoms with Gasteiger partial charge in [0.2, 0.25) is 0 Å². The van der Waals surface area contributed by atoms with Crippen molar-refractivity contribution in [1.82, 2.24) is 5.32 Å². The molecule has 1 atom stereocenters. The van der Waals surface area contributed by atoms with E-state index < -0.39 is 11.7 Å². The molecule has 0 aromatic heterocycles. The topological polar surface area (TPSA) is 73.6 Å². The van der Waals surface area contributed by atoms with Crippen molar-refractivity contribution >= 4 is 17.7 Å². The van der Waals surface area contributed by atoms with E-state index in [1.807, 2.05) is 13.0 Å². The summed E-state index contributed by atoms with van der Waals surface area (Å²) >= 11 is 6.12. The summed E-state index contributed by atoms with van der Waals surface area (Å²) in [6.45, 7) is 2.95. The van der Waals surface area contributed by atoms with Crippen LogP contribution in [0.25, 0.3) is 0 Å². The fraction of sp³-hybridized carbons (Fsp3) is 0.417. The Labute approximate surface area is 110 Å². The van der Waals surface area contributed by atoms with Crippen LogP contribution in [-0.2, 0) is 10.3 Å². The molecule has 98 valence electrons. The van der Waals surface area contributed by atoms with Gasteiger partial charge in [0, 0.05) is 12.1 Å². The molecule has 0 radical (unpaired) electrons. The lowest BCUT2D eigenvalue weighted by Crippen LogP contribution is -2.38. The van der Waals surface area contributed by atoms with Gasteiger partial charge >= 0.3 is 6.09 Å². The number of halogens is 1. The standard InChI is InChI=1S/C12H15ClN2O3/c1-2-17-10-4-3-8(5-9(10)13)12(6-14)7-15-11(16)18-12/h3-5H,2,6-7,14H2,1H3,(H,15,16). The Balaban J connectivity index is 2.33. The molecule has 0 aliphatic carbocycles. The maximum Gasteiger partial charge on any atom is 0.408 e. The minimum atomic E-state index is -0.842. The second kappa shape index (κ2) is 5.04. The van der Waals surface area contributed by atoms with Crippen LogP contribution < -0.4 is 15.8 Å². The van der Waals surface area contributed by atoms with Crippen LogP contribution in [0, 0.1) is 0 Å². The number of rotatable bonds is 4. The van der Waals surface area contributed by atoms with Crippen LogP contribution in [0.1, 0.15) is 12.5 Å². The van der Waals surface area contributed by atoms with Crippen LogP contribution in [0.2, 0.25) is 5.02 Å². The fourth-order valence-electron chi connectivity index (χ4n) is 1.91. The van der Waals surface area contributed by atoms with Crippen molar-refractivity contribution in [2.24, 2.45) is 5.73 Å². The number of hydrogen-bond donors (Lipinski definition) is 2. The maximum absolute atomic E-state index is 11.2. The largest absolute Gasteiger partial charge is 0.492 e. The molecule has 1 aliphatic heterocycles. The van der Waals surface area contributed by atoms with Crippen molar-refractivity contribution < 1.29 is 14.3 Å². The Morgan fingerprint density at radius 3 is 2.89 bits per heavy atom. The predicted octanol–water partition coefficient (Wildman–Crippen LogP) is 1.63. The van der Waals surface area contributed by atoms with Crippen molar-refractivity contribution in [3.63, 3.8) is 0 Å². The third-order valence-electron chi connectivity index (χ3n) is 2.89. The monoisotopic (exact) mass is 270 g/mol. The number of nitrogens with two attached hydrogens (primary N) is 1. The van der Waals surface area contributed by atoms with E-state index >= 15 is 0 Å². The maximum atomic E-state index is 11.2. The highest BCUT2D eigenvalue weighted by Crippen LogP contribution is 2.33. The molecule has 0 saturated carbocycles. The molecule has 1 fully saturated rings. The van der Waals surface area contributed by atoms with Gasteiger partial charge in [-0.1, -0.05) is 17.7 Å². The minimum absolute atomic E-state index is 0.191. The van der Waals surface area contributed by atoms with E-state index in [1.54, 1.807) is 12.1 Å². The number of benzene rings is 1. The second-order valence-corrected chi connectivity index (χ2v) is 4.43. The van der Waals surface area contributed by atoms with Gasteiger partial charge in [0.15, 0.2) is 5.60 Å². The first-order valence-corrected chi connectivity index (χ1v) is 6.09. The molecule has 1 heterocycles. The molecule has 6 heteroatoms. The number of amides is 1. The normalized spacial score (nSPS) is 22.5. The number of alkyl carbamates (subject to hydrolysis) is 1. The zero-order valence-corrected chi connectivity index (χ0v) is 10.8. The van der Waals surface area contributed by atoms with Crippen LogP contribution in [0.4, 0.5) is 4.79 Å². The molecule has 1 saturated heterocycles. The third kappa shape index (κ3) is 2.23.